The van der Waals surface area contributed by atoms with Gasteiger partial charge in [-0.05, 0) is 37.1 Å². The van der Waals surface area contributed by atoms with Crippen molar-refractivity contribution >= 4 is 11.6 Å². The van der Waals surface area contributed by atoms with Crippen LogP contribution in [-0.2, 0) is 4.79 Å². The van der Waals surface area contributed by atoms with E-state index in [0.717, 1.165) is 19.4 Å². The van der Waals surface area contributed by atoms with Gasteiger partial charge in [-0.2, -0.15) is 0 Å². The summed E-state index contributed by atoms with van der Waals surface area (Å²) in [6, 6.07) is 16.1. The Morgan fingerprint density at radius 1 is 1.16 bits per heavy atom. The summed E-state index contributed by atoms with van der Waals surface area (Å²) >= 11 is 0. The minimum Gasteiger partial charge on any atom is -0.497 e. The van der Waals surface area contributed by atoms with Crippen LogP contribution < -0.4 is 14.8 Å². The van der Waals surface area contributed by atoms with Gasteiger partial charge in [-0.3, -0.25) is 9.69 Å². The minimum absolute atomic E-state index is 0.0358. The maximum absolute atomic E-state index is 12.5. The van der Waals surface area contributed by atoms with Crippen molar-refractivity contribution in [2.24, 2.45) is 0 Å². The van der Waals surface area contributed by atoms with Gasteiger partial charge in [0, 0.05) is 12.1 Å². The molecule has 0 unspecified atom stereocenters. The van der Waals surface area contributed by atoms with Gasteiger partial charge in [0.2, 0.25) is 5.91 Å². The molecular formula is C20H24N2O3. The number of rotatable bonds is 6. The van der Waals surface area contributed by atoms with Gasteiger partial charge in [0.15, 0.2) is 0 Å². The fraction of sp³-hybridized carbons (Fsp3) is 0.350. The zero-order valence-electron chi connectivity index (χ0n) is 14.7. The maximum Gasteiger partial charge on any atom is 0.238 e. The second kappa shape index (κ2) is 8.03. The lowest BCUT2D eigenvalue weighted by Gasteiger charge is -2.24. The zero-order chi connectivity index (χ0) is 17.6. The second-order valence-corrected chi connectivity index (χ2v) is 6.15. The molecule has 0 bridgehead atoms. The SMILES string of the molecule is COc1ccc(NC(=O)CN2CCC[C@@H]2c2ccccc2)c(OC)c1. The molecule has 0 saturated carbocycles. The van der Waals surface area contributed by atoms with Crippen molar-refractivity contribution in [3.63, 3.8) is 0 Å². The molecule has 1 N–H and O–H groups in total. The van der Waals surface area contributed by atoms with Gasteiger partial charge >= 0.3 is 0 Å². The van der Waals surface area contributed by atoms with Crippen LogP contribution in [0.3, 0.4) is 0 Å². The highest BCUT2D eigenvalue weighted by Crippen LogP contribution is 2.32. The van der Waals surface area contributed by atoms with Crippen LogP contribution in [0.25, 0.3) is 0 Å². The molecule has 3 rings (SSSR count). The highest BCUT2D eigenvalue weighted by atomic mass is 16.5. The highest BCUT2D eigenvalue weighted by molar-refractivity contribution is 5.93. The molecule has 2 aromatic carbocycles. The van der Waals surface area contributed by atoms with Crippen LogP contribution in [0.5, 0.6) is 11.5 Å². The Bertz CT molecular complexity index is 718. The van der Waals surface area contributed by atoms with Crippen molar-refractivity contribution in [2.45, 2.75) is 18.9 Å². The van der Waals surface area contributed by atoms with Crippen molar-refractivity contribution in [1.82, 2.24) is 4.90 Å². The van der Waals surface area contributed by atoms with E-state index >= 15 is 0 Å². The average Bonchev–Trinajstić information content (AvgIpc) is 3.10. The molecule has 0 aromatic heterocycles. The van der Waals surface area contributed by atoms with E-state index in [1.807, 2.05) is 18.2 Å². The normalized spacial score (nSPS) is 17.3. The molecule has 1 aliphatic heterocycles. The number of likely N-dealkylation sites (tertiary alicyclic amines) is 1. The van der Waals surface area contributed by atoms with Gasteiger partial charge in [-0.25, -0.2) is 0 Å². The number of nitrogens with one attached hydrogen (secondary N) is 1. The Hall–Kier alpha value is -2.53. The van der Waals surface area contributed by atoms with Crippen LogP contribution in [0.2, 0.25) is 0 Å². The molecule has 0 aliphatic carbocycles. The number of benzene rings is 2. The molecular weight excluding hydrogens is 316 g/mol. The molecule has 5 nitrogen and oxygen atoms in total. The molecule has 1 amide bonds. The molecule has 1 heterocycles. The Morgan fingerprint density at radius 3 is 2.68 bits per heavy atom. The molecule has 1 aliphatic rings. The summed E-state index contributed by atoms with van der Waals surface area (Å²) in [5, 5.41) is 2.95. The molecule has 1 saturated heterocycles. The molecule has 132 valence electrons. The lowest BCUT2D eigenvalue weighted by molar-refractivity contribution is -0.117. The number of carbonyl (C=O) groups excluding carboxylic acids is 1. The summed E-state index contributed by atoms with van der Waals surface area (Å²) in [7, 11) is 3.18. The third-order valence-corrected chi connectivity index (χ3v) is 4.58. The Kier molecular flexibility index (Phi) is 5.56. The number of anilines is 1. The molecule has 1 atom stereocenters. The number of hydrogen-bond acceptors (Lipinski definition) is 4. The number of ether oxygens (including phenoxy) is 2. The first-order chi connectivity index (χ1) is 12.2. The molecule has 25 heavy (non-hydrogen) atoms. The highest BCUT2D eigenvalue weighted by Gasteiger charge is 2.27. The lowest BCUT2D eigenvalue weighted by Crippen LogP contribution is -2.33. The van der Waals surface area contributed by atoms with Crippen LogP contribution in [0.1, 0.15) is 24.4 Å². The van der Waals surface area contributed by atoms with Crippen LogP contribution >= 0.6 is 0 Å². The van der Waals surface area contributed by atoms with Crippen LogP contribution in [0.15, 0.2) is 48.5 Å². The standard InChI is InChI=1S/C20H24N2O3/c1-24-16-10-11-17(19(13-16)25-2)21-20(23)14-22-12-6-9-18(22)15-7-4-3-5-8-15/h3-5,7-8,10-11,13,18H,6,9,12,14H2,1-2H3,(H,21,23)/t18-/m1/s1. The van der Waals surface area contributed by atoms with Gasteiger partial charge in [-0.15, -0.1) is 0 Å². The van der Waals surface area contributed by atoms with E-state index in [1.165, 1.54) is 5.56 Å². The fourth-order valence-electron chi connectivity index (χ4n) is 3.34. The summed E-state index contributed by atoms with van der Waals surface area (Å²) in [6.07, 6.45) is 2.20. The van der Waals surface area contributed by atoms with Crippen molar-refractivity contribution in [3.05, 3.63) is 54.1 Å². The molecule has 0 spiro atoms. The number of hydrogen-bond donors (Lipinski definition) is 1. The quantitative estimate of drug-likeness (QED) is 0.875. The Morgan fingerprint density at radius 2 is 1.96 bits per heavy atom. The lowest BCUT2D eigenvalue weighted by atomic mass is 10.0. The summed E-state index contributed by atoms with van der Waals surface area (Å²) < 4.78 is 10.5. The smallest absolute Gasteiger partial charge is 0.238 e. The fourth-order valence-corrected chi connectivity index (χ4v) is 3.34. The van der Waals surface area contributed by atoms with E-state index < -0.39 is 0 Å². The van der Waals surface area contributed by atoms with Gasteiger partial charge in [0.1, 0.15) is 11.5 Å². The third-order valence-electron chi connectivity index (χ3n) is 4.58. The van der Waals surface area contributed by atoms with Gasteiger partial charge < -0.3 is 14.8 Å². The Labute approximate surface area is 148 Å². The van der Waals surface area contributed by atoms with Gasteiger partial charge in [0.25, 0.3) is 0 Å². The van der Waals surface area contributed by atoms with Gasteiger partial charge in [0.05, 0.1) is 26.5 Å². The van der Waals surface area contributed by atoms with Crippen LogP contribution in [0.4, 0.5) is 5.69 Å². The maximum atomic E-state index is 12.5. The predicted molar refractivity (Wildman–Crippen MR) is 98.2 cm³/mol. The van der Waals surface area contributed by atoms with Gasteiger partial charge in [-0.1, -0.05) is 30.3 Å². The topological polar surface area (TPSA) is 50.8 Å². The number of amides is 1. The monoisotopic (exact) mass is 340 g/mol. The summed E-state index contributed by atoms with van der Waals surface area (Å²) in [5.74, 6) is 1.25. The van der Waals surface area contributed by atoms with Crippen molar-refractivity contribution in [2.75, 3.05) is 32.6 Å². The molecule has 1 fully saturated rings. The van der Waals surface area contributed by atoms with Crippen molar-refractivity contribution < 1.29 is 14.3 Å². The first kappa shape index (κ1) is 17.3. The van der Waals surface area contributed by atoms with E-state index in [1.54, 1.807) is 32.4 Å². The first-order valence-electron chi connectivity index (χ1n) is 8.52. The van der Waals surface area contributed by atoms with E-state index in [9.17, 15) is 4.79 Å². The van der Waals surface area contributed by atoms with Crippen molar-refractivity contribution in [3.8, 4) is 11.5 Å². The van der Waals surface area contributed by atoms with Crippen LogP contribution in [0, 0.1) is 0 Å². The third kappa shape index (κ3) is 4.12. The largest absolute Gasteiger partial charge is 0.497 e. The summed E-state index contributed by atoms with van der Waals surface area (Å²) in [4.78, 5) is 14.8. The summed E-state index contributed by atoms with van der Waals surface area (Å²) in [5.41, 5.74) is 1.93. The predicted octanol–water partition coefficient (Wildman–Crippen LogP) is 3.48. The Balaban J connectivity index is 1.66. The minimum atomic E-state index is -0.0358. The average molecular weight is 340 g/mol. The van der Waals surface area contributed by atoms with E-state index in [0.29, 0.717) is 29.8 Å². The van der Waals surface area contributed by atoms with Crippen LogP contribution in [-0.4, -0.2) is 38.1 Å². The number of methoxy groups -OCH3 is 2. The molecule has 0 radical (unpaired) electrons. The van der Waals surface area contributed by atoms with E-state index in [4.69, 9.17) is 9.47 Å². The van der Waals surface area contributed by atoms with Crippen molar-refractivity contribution in [1.29, 1.82) is 0 Å². The first-order valence-corrected chi connectivity index (χ1v) is 8.52. The van der Waals surface area contributed by atoms with E-state index in [-0.39, 0.29) is 5.91 Å². The number of carbonyl (C=O) groups is 1. The molecule has 5 heteroatoms. The second-order valence-electron chi connectivity index (χ2n) is 6.15. The van der Waals surface area contributed by atoms with E-state index in [2.05, 4.69) is 22.3 Å². The zero-order valence-corrected chi connectivity index (χ0v) is 14.7. The molecule has 2 aromatic rings. The summed E-state index contributed by atoms with van der Waals surface area (Å²) in [6.45, 7) is 1.31. The number of nitrogens with zero attached hydrogens (tertiary/aromatic N) is 1.